The third kappa shape index (κ3) is 2.25. The molecule has 17 heavy (non-hydrogen) atoms. The van der Waals surface area contributed by atoms with E-state index >= 15 is 0 Å². The number of carbonyl (C=O) groups is 2. The average Bonchev–Trinajstić information content (AvgIpc) is 2.83. The number of nitrogens with one attached hydrogen (secondary N) is 2. The van der Waals surface area contributed by atoms with Crippen LogP contribution in [0.4, 0.5) is 5.69 Å². The van der Waals surface area contributed by atoms with Gasteiger partial charge < -0.3 is 10.4 Å². The Kier molecular flexibility index (Phi) is 2.77. The molecule has 2 rings (SSSR count). The minimum absolute atomic E-state index is 0.00908. The number of anilines is 1. The molecule has 0 aliphatic carbocycles. The number of aromatic carboxylic acids is 1. The van der Waals surface area contributed by atoms with Crippen LogP contribution < -0.4 is 5.32 Å². The second-order valence-electron chi connectivity index (χ2n) is 2.99. The van der Waals surface area contributed by atoms with Crippen LogP contribution in [0.2, 0.25) is 0 Å². The molecule has 0 aromatic carbocycles. The number of carboxylic acids is 1. The molecule has 0 unspecified atom stereocenters. The summed E-state index contributed by atoms with van der Waals surface area (Å²) in [7, 11) is 0. The summed E-state index contributed by atoms with van der Waals surface area (Å²) < 4.78 is 0. The van der Waals surface area contributed by atoms with Gasteiger partial charge in [-0.05, 0) is 12.1 Å². The number of hydrogen-bond donors (Lipinski definition) is 3. The Labute approximate surface area is 94.7 Å². The molecule has 8 heteroatoms. The molecule has 0 aliphatic rings. The largest absolute Gasteiger partial charge is 0.476 e. The Hall–Kier alpha value is -2.77. The highest BCUT2D eigenvalue weighted by atomic mass is 16.4. The topological polar surface area (TPSA) is 121 Å². The average molecular weight is 233 g/mol. The van der Waals surface area contributed by atoms with Gasteiger partial charge in [-0.1, -0.05) is 0 Å². The zero-order valence-electron chi connectivity index (χ0n) is 8.41. The lowest BCUT2D eigenvalue weighted by atomic mass is 10.3. The first kappa shape index (κ1) is 10.7. The summed E-state index contributed by atoms with van der Waals surface area (Å²) in [6.45, 7) is 0. The smallest absolute Gasteiger partial charge is 0.356 e. The van der Waals surface area contributed by atoms with Gasteiger partial charge in [-0.15, -0.1) is 0 Å². The van der Waals surface area contributed by atoms with Gasteiger partial charge >= 0.3 is 5.97 Å². The Morgan fingerprint density at radius 1 is 1.35 bits per heavy atom. The van der Waals surface area contributed by atoms with Crippen molar-refractivity contribution in [2.75, 3.05) is 5.32 Å². The van der Waals surface area contributed by atoms with E-state index in [1.807, 2.05) is 0 Å². The minimum Gasteiger partial charge on any atom is -0.476 e. The van der Waals surface area contributed by atoms with Gasteiger partial charge in [0.1, 0.15) is 6.33 Å². The number of hydrogen-bond acceptors (Lipinski definition) is 5. The molecule has 0 atom stereocenters. The first-order valence-corrected chi connectivity index (χ1v) is 4.53. The van der Waals surface area contributed by atoms with Crippen LogP contribution in [-0.4, -0.2) is 37.1 Å². The number of amides is 1. The molecular weight excluding hydrogens is 226 g/mol. The highest BCUT2D eigenvalue weighted by Crippen LogP contribution is 2.12. The molecule has 2 aromatic heterocycles. The molecule has 86 valence electrons. The summed E-state index contributed by atoms with van der Waals surface area (Å²) in [4.78, 5) is 29.7. The molecule has 2 heterocycles. The van der Waals surface area contributed by atoms with Crippen LogP contribution in [0.25, 0.3) is 0 Å². The van der Waals surface area contributed by atoms with Crippen LogP contribution in [0.3, 0.4) is 0 Å². The van der Waals surface area contributed by atoms with Crippen molar-refractivity contribution in [1.29, 1.82) is 0 Å². The second-order valence-corrected chi connectivity index (χ2v) is 2.99. The van der Waals surface area contributed by atoms with Gasteiger partial charge in [-0.3, -0.25) is 9.89 Å². The lowest BCUT2D eigenvalue weighted by molar-refractivity contribution is 0.0692. The van der Waals surface area contributed by atoms with Gasteiger partial charge in [-0.2, -0.15) is 5.10 Å². The van der Waals surface area contributed by atoms with Crippen molar-refractivity contribution >= 4 is 17.6 Å². The van der Waals surface area contributed by atoms with Crippen molar-refractivity contribution < 1.29 is 14.7 Å². The number of pyridine rings is 1. The van der Waals surface area contributed by atoms with E-state index < -0.39 is 11.9 Å². The van der Waals surface area contributed by atoms with E-state index in [0.717, 1.165) is 0 Å². The number of H-pyrrole nitrogens is 1. The Bertz CT molecular complexity index is 552. The first-order valence-electron chi connectivity index (χ1n) is 4.53. The fourth-order valence-corrected chi connectivity index (χ4v) is 1.17. The molecule has 0 aliphatic heterocycles. The Morgan fingerprint density at radius 2 is 2.18 bits per heavy atom. The Morgan fingerprint density at radius 3 is 2.82 bits per heavy atom. The van der Waals surface area contributed by atoms with Crippen molar-refractivity contribution in [2.24, 2.45) is 0 Å². The predicted molar refractivity (Wildman–Crippen MR) is 55.5 cm³/mol. The van der Waals surface area contributed by atoms with Crippen LogP contribution in [0, 0.1) is 0 Å². The fourth-order valence-electron chi connectivity index (χ4n) is 1.17. The maximum absolute atomic E-state index is 11.6. The number of nitrogens with zero attached hydrogens (tertiary/aromatic N) is 3. The maximum atomic E-state index is 11.6. The van der Waals surface area contributed by atoms with Crippen molar-refractivity contribution in [2.45, 2.75) is 0 Å². The summed E-state index contributed by atoms with van der Waals surface area (Å²) in [5.74, 6) is -1.82. The molecule has 0 saturated heterocycles. The van der Waals surface area contributed by atoms with Crippen LogP contribution >= 0.6 is 0 Å². The normalized spacial score (nSPS) is 9.88. The number of aromatic nitrogens is 4. The first-order chi connectivity index (χ1) is 8.18. The number of carboxylic acid groups (broad SMARTS) is 1. The van der Waals surface area contributed by atoms with E-state index in [1.54, 1.807) is 0 Å². The number of carbonyl (C=O) groups excluding carboxylic acids is 1. The van der Waals surface area contributed by atoms with Crippen LogP contribution in [0.5, 0.6) is 0 Å². The van der Waals surface area contributed by atoms with E-state index in [2.05, 4.69) is 25.5 Å². The van der Waals surface area contributed by atoms with Gasteiger partial charge in [0, 0.05) is 6.20 Å². The maximum Gasteiger partial charge on any atom is 0.356 e. The standard InChI is InChI=1S/C9H7N5O3/c15-8(7-11-4-12-14-7)13-5-2-1-3-10-6(5)9(16)17/h1-4H,(H,13,15)(H,16,17)(H,11,12,14). The third-order valence-corrected chi connectivity index (χ3v) is 1.89. The summed E-state index contributed by atoms with van der Waals surface area (Å²) in [6, 6.07) is 2.95. The molecule has 0 spiro atoms. The molecule has 2 aromatic rings. The minimum atomic E-state index is -1.22. The molecule has 3 N–H and O–H groups in total. The Balaban J connectivity index is 2.25. The monoisotopic (exact) mass is 233 g/mol. The highest BCUT2D eigenvalue weighted by molar-refractivity contribution is 6.05. The molecule has 0 saturated carbocycles. The fraction of sp³-hybridized carbons (Fsp3) is 0. The quantitative estimate of drug-likeness (QED) is 0.693. The van der Waals surface area contributed by atoms with Gasteiger partial charge in [0.15, 0.2) is 5.69 Å². The molecule has 1 amide bonds. The van der Waals surface area contributed by atoms with E-state index in [4.69, 9.17) is 5.11 Å². The molecule has 0 fully saturated rings. The van der Waals surface area contributed by atoms with Crippen molar-refractivity contribution in [3.8, 4) is 0 Å². The van der Waals surface area contributed by atoms with E-state index in [9.17, 15) is 9.59 Å². The second kappa shape index (κ2) is 4.39. The zero-order valence-corrected chi connectivity index (χ0v) is 8.41. The van der Waals surface area contributed by atoms with E-state index in [1.165, 1.54) is 24.7 Å². The van der Waals surface area contributed by atoms with Gasteiger partial charge in [0.05, 0.1) is 5.69 Å². The summed E-state index contributed by atoms with van der Waals surface area (Å²) in [5, 5.41) is 17.1. The van der Waals surface area contributed by atoms with Crippen LogP contribution in [-0.2, 0) is 0 Å². The van der Waals surface area contributed by atoms with E-state index in [0.29, 0.717) is 0 Å². The highest BCUT2D eigenvalue weighted by Gasteiger charge is 2.15. The predicted octanol–water partition coefficient (Wildman–Crippen LogP) is 0.150. The van der Waals surface area contributed by atoms with Gasteiger partial charge in [0.25, 0.3) is 5.91 Å². The molecule has 0 radical (unpaired) electrons. The molecule has 0 bridgehead atoms. The lowest BCUT2D eigenvalue weighted by Gasteiger charge is -2.05. The SMILES string of the molecule is O=C(Nc1cccnc1C(=O)O)c1ncn[nH]1. The van der Waals surface area contributed by atoms with Crippen LogP contribution in [0.1, 0.15) is 21.1 Å². The summed E-state index contributed by atoms with van der Waals surface area (Å²) in [6.07, 6.45) is 2.50. The van der Waals surface area contributed by atoms with Crippen molar-refractivity contribution in [1.82, 2.24) is 20.2 Å². The number of aromatic amines is 1. The third-order valence-electron chi connectivity index (χ3n) is 1.89. The van der Waals surface area contributed by atoms with Crippen molar-refractivity contribution in [3.63, 3.8) is 0 Å². The zero-order chi connectivity index (χ0) is 12.3. The summed E-state index contributed by atoms with van der Waals surface area (Å²) in [5.41, 5.74) is -0.137. The van der Waals surface area contributed by atoms with E-state index in [-0.39, 0.29) is 17.2 Å². The lowest BCUT2D eigenvalue weighted by Crippen LogP contribution is -2.17. The summed E-state index contributed by atoms with van der Waals surface area (Å²) >= 11 is 0. The number of rotatable bonds is 3. The molecular formula is C9H7N5O3. The van der Waals surface area contributed by atoms with Gasteiger partial charge in [0.2, 0.25) is 5.82 Å². The van der Waals surface area contributed by atoms with Crippen molar-refractivity contribution in [3.05, 3.63) is 36.2 Å². The van der Waals surface area contributed by atoms with Crippen LogP contribution in [0.15, 0.2) is 24.7 Å². The van der Waals surface area contributed by atoms with Gasteiger partial charge in [-0.25, -0.2) is 14.8 Å². The molecule has 8 nitrogen and oxygen atoms in total.